The molecule has 0 saturated carbocycles. The van der Waals surface area contributed by atoms with Crippen LogP contribution < -0.4 is 9.47 Å². The van der Waals surface area contributed by atoms with Crippen LogP contribution in [0, 0.1) is 13.8 Å². The van der Waals surface area contributed by atoms with E-state index in [2.05, 4.69) is 20.4 Å². The molecule has 0 bridgehead atoms. The molecule has 4 rings (SSSR count). The number of hydrogen-bond donors (Lipinski definition) is 0. The van der Waals surface area contributed by atoms with Gasteiger partial charge in [0, 0.05) is 11.9 Å². The Bertz CT molecular complexity index is 1180. The number of hydrogen-bond acceptors (Lipinski definition) is 8. The number of aromatic nitrogens is 5. The van der Waals surface area contributed by atoms with Gasteiger partial charge in [0.05, 0.1) is 18.6 Å². The highest BCUT2D eigenvalue weighted by Gasteiger charge is 2.17. The fraction of sp³-hybridized carbons (Fsp3) is 0.238. The van der Waals surface area contributed by atoms with Crippen molar-refractivity contribution in [1.82, 2.24) is 25.0 Å². The molecule has 10 heteroatoms. The molecule has 0 aliphatic rings. The highest BCUT2D eigenvalue weighted by Crippen LogP contribution is 2.28. The van der Waals surface area contributed by atoms with E-state index in [0.717, 1.165) is 17.0 Å². The van der Waals surface area contributed by atoms with Crippen LogP contribution in [0.5, 0.6) is 11.5 Å². The molecule has 0 aliphatic heterocycles. The summed E-state index contributed by atoms with van der Waals surface area (Å²) in [5, 5.41) is 17.9. The minimum absolute atomic E-state index is 0.227. The third-order valence-electron chi connectivity index (χ3n) is 4.43. The van der Waals surface area contributed by atoms with Crippen LogP contribution in [-0.4, -0.2) is 32.1 Å². The topological polar surface area (TPSA) is 88.1 Å². The molecule has 31 heavy (non-hydrogen) atoms. The first-order chi connectivity index (χ1) is 15.0. The van der Waals surface area contributed by atoms with Gasteiger partial charge in [-0.05, 0) is 48.9 Å². The molecule has 0 N–H and O–H groups in total. The van der Waals surface area contributed by atoms with Gasteiger partial charge in [-0.15, -0.1) is 20.4 Å². The van der Waals surface area contributed by atoms with Crippen LogP contribution in [0.15, 0.2) is 52.0 Å². The predicted molar refractivity (Wildman–Crippen MR) is 117 cm³/mol. The average molecular weight is 458 g/mol. The molecule has 2 aromatic heterocycles. The molecule has 160 valence electrons. The van der Waals surface area contributed by atoms with Gasteiger partial charge in [0.15, 0.2) is 11.0 Å². The van der Waals surface area contributed by atoms with Gasteiger partial charge in [-0.25, -0.2) is 0 Å². The average Bonchev–Trinajstić information content (AvgIpc) is 3.38. The Morgan fingerprint density at radius 2 is 1.77 bits per heavy atom. The highest BCUT2D eigenvalue weighted by molar-refractivity contribution is 7.98. The number of aryl methyl sites for hydroxylation is 2. The second kappa shape index (κ2) is 9.40. The highest BCUT2D eigenvalue weighted by atomic mass is 35.5. The Kier molecular flexibility index (Phi) is 6.43. The molecule has 0 spiro atoms. The summed E-state index contributed by atoms with van der Waals surface area (Å²) >= 11 is 7.82. The zero-order valence-electron chi connectivity index (χ0n) is 17.2. The Labute approximate surface area is 188 Å². The predicted octanol–water partition coefficient (Wildman–Crippen LogP) is 4.80. The van der Waals surface area contributed by atoms with Gasteiger partial charge in [-0.3, -0.25) is 4.57 Å². The molecule has 0 unspecified atom stereocenters. The van der Waals surface area contributed by atoms with E-state index in [4.69, 9.17) is 25.5 Å². The lowest BCUT2D eigenvalue weighted by molar-refractivity contribution is 0.292. The Hall–Kier alpha value is -3.04. The van der Waals surface area contributed by atoms with Crippen LogP contribution in [0.3, 0.4) is 0 Å². The van der Waals surface area contributed by atoms with E-state index < -0.39 is 0 Å². The van der Waals surface area contributed by atoms with E-state index in [0.29, 0.717) is 39.3 Å². The summed E-state index contributed by atoms with van der Waals surface area (Å²) in [6.07, 6.45) is 0. The van der Waals surface area contributed by atoms with Crippen molar-refractivity contribution in [3.63, 3.8) is 0 Å². The SMILES string of the molecule is COc1ccc(OCc2nnc(SCc3nnc(C)o3)n2-c2ccc(C)c(Cl)c2)cc1. The zero-order valence-corrected chi connectivity index (χ0v) is 18.8. The lowest BCUT2D eigenvalue weighted by Crippen LogP contribution is -2.07. The quantitative estimate of drug-likeness (QED) is 0.348. The first-order valence-electron chi connectivity index (χ1n) is 9.43. The summed E-state index contributed by atoms with van der Waals surface area (Å²) < 4.78 is 18.5. The standard InChI is InChI=1S/C21H20ClN5O3S/c1-13-4-5-15(10-18(13)22)27-19(11-29-17-8-6-16(28-3)7-9-17)24-26-21(27)31-12-20-25-23-14(2)30-20/h4-10H,11-12H2,1-3H3. The summed E-state index contributed by atoms with van der Waals surface area (Å²) in [6, 6.07) is 13.2. The maximum Gasteiger partial charge on any atom is 0.226 e. The van der Waals surface area contributed by atoms with Crippen LogP contribution in [0.4, 0.5) is 0 Å². The van der Waals surface area contributed by atoms with Gasteiger partial charge in [-0.2, -0.15) is 0 Å². The molecular formula is C21H20ClN5O3S. The van der Waals surface area contributed by atoms with E-state index in [1.165, 1.54) is 11.8 Å². The van der Waals surface area contributed by atoms with E-state index in [-0.39, 0.29) is 6.61 Å². The van der Waals surface area contributed by atoms with Gasteiger partial charge in [0.25, 0.3) is 0 Å². The summed E-state index contributed by atoms with van der Waals surface area (Å²) in [4.78, 5) is 0. The van der Waals surface area contributed by atoms with Gasteiger partial charge in [0.2, 0.25) is 11.8 Å². The second-order valence-corrected chi connectivity index (χ2v) is 7.99. The molecule has 0 atom stereocenters. The third-order valence-corrected chi connectivity index (χ3v) is 5.75. The molecule has 4 aromatic rings. The lowest BCUT2D eigenvalue weighted by Gasteiger charge is -2.12. The molecule has 2 heterocycles. The summed E-state index contributed by atoms with van der Waals surface area (Å²) in [5.74, 6) is 3.62. The first kappa shape index (κ1) is 21.2. The molecule has 2 aromatic carbocycles. The number of halogens is 1. The lowest BCUT2D eigenvalue weighted by atomic mass is 10.2. The van der Waals surface area contributed by atoms with Crippen LogP contribution in [0.2, 0.25) is 5.02 Å². The fourth-order valence-electron chi connectivity index (χ4n) is 2.81. The van der Waals surface area contributed by atoms with Crippen molar-refractivity contribution in [2.24, 2.45) is 0 Å². The number of methoxy groups -OCH3 is 1. The third kappa shape index (κ3) is 5.00. The summed E-state index contributed by atoms with van der Waals surface area (Å²) in [6.45, 7) is 3.94. The number of ether oxygens (including phenoxy) is 2. The number of rotatable bonds is 8. The molecule has 0 radical (unpaired) electrons. The van der Waals surface area contributed by atoms with Crippen LogP contribution in [0.25, 0.3) is 5.69 Å². The maximum absolute atomic E-state index is 6.38. The van der Waals surface area contributed by atoms with Gasteiger partial charge < -0.3 is 13.9 Å². The Balaban J connectivity index is 1.60. The van der Waals surface area contributed by atoms with E-state index in [1.54, 1.807) is 14.0 Å². The van der Waals surface area contributed by atoms with Crippen molar-refractivity contribution in [3.05, 3.63) is 70.7 Å². The molecule has 8 nitrogen and oxygen atoms in total. The Morgan fingerprint density at radius 3 is 2.45 bits per heavy atom. The first-order valence-corrected chi connectivity index (χ1v) is 10.8. The summed E-state index contributed by atoms with van der Waals surface area (Å²) in [5.41, 5.74) is 1.84. The molecular weight excluding hydrogens is 438 g/mol. The van der Waals surface area contributed by atoms with Crippen molar-refractivity contribution >= 4 is 23.4 Å². The van der Waals surface area contributed by atoms with E-state index >= 15 is 0 Å². The minimum Gasteiger partial charge on any atom is -0.497 e. The second-order valence-electron chi connectivity index (χ2n) is 6.64. The fourth-order valence-corrected chi connectivity index (χ4v) is 3.79. The number of thioether (sulfide) groups is 1. The van der Waals surface area contributed by atoms with Gasteiger partial charge in [0.1, 0.15) is 18.1 Å². The molecule has 0 amide bonds. The molecule has 0 aliphatic carbocycles. The van der Waals surface area contributed by atoms with E-state index in [9.17, 15) is 0 Å². The number of benzene rings is 2. The smallest absolute Gasteiger partial charge is 0.226 e. The van der Waals surface area contributed by atoms with Crippen molar-refractivity contribution in [2.45, 2.75) is 31.4 Å². The van der Waals surface area contributed by atoms with Crippen molar-refractivity contribution in [2.75, 3.05) is 7.11 Å². The van der Waals surface area contributed by atoms with Gasteiger partial charge in [-0.1, -0.05) is 29.4 Å². The largest absolute Gasteiger partial charge is 0.497 e. The molecule has 0 fully saturated rings. The maximum atomic E-state index is 6.38. The normalized spacial score (nSPS) is 11.0. The van der Waals surface area contributed by atoms with Crippen LogP contribution in [0.1, 0.15) is 23.2 Å². The zero-order chi connectivity index (χ0) is 21.8. The van der Waals surface area contributed by atoms with Crippen LogP contribution >= 0.6 is 23.4 Å². The van der Waals surface area contributed by atoms with Crippen molar-refractivity contribution in [3.8, 4) is 17.2 Å². The molecule has 0 saturated heterocycles. The summed E-state index contributed by atoms with van der Waals surface area (Å²) in [7, 11) is 1.62. The monoisotopic (exact) mass is 457 g/mol. The van der Waals surface area contributed by atoms with E-state index in [1.807, 2.05) is 54.0 Å². The minimum atomic E-state index is 0.227. The Morgan fingerprint density at radius 1 is 1.00 bits per heavy atom. The van der Waals surface area contributed by atoms with Crippen molar-refractivity contribution in [1.29, 1.82) is 0 Å². The van der Waals surface area contributed by atoms with Crippen LogP contribution in [-0.2, 0) is 12.4 Å². The van der Waals surface area contributed by atoms with Gasteiger partial charge >= 0.3 is 0 Å². The van der Waals surface area contributed by atoms with Crippen molar-refractivity contribution < 1.29 is 13.9 Å². The number of nitrogens with zero attached hydrogens (tertiary/aromatic N) is 5.